The van der Waals surface area contributed by atoms with Crippen molar-refractivity contribution in [2.75, 3.05) is 13.1 Å². The summed E-state index contributed by atoms with van der Waals surface area (Å²) in [5, 5.41) is 23.9. The highest BCUT2D eigenvalue weighted by Crippen LogP contribution is 2.22. The van der Waals surface area contributed by atoms with Crippen molar-refractivity contribution in [2.45, 2.75) is 12.5 Å². The van der Waals surface area contributed by atoms with Crippen LogP contribution in [0.4, 0.5) is 5.69 Å². The van der Waals surface area contributed by atoms with Gasteiger partial charge in [-0.25, -0.2) is 0 Å². The molecule has 0 aliphatic carbocycles. The van der Waals surface area contributed by atoms with Gasteiger partial charge in [0.05, 0.1) is 10.4 Å². The molecule has 1 aliphatic rings. The summed E-state index contributed by atoms with van der Waals surface area (Å²) in [6.07, 6.45) is 0.869. The Morgan fingerprint density at radius 2 is 2.29 bits per heavy atom. The Balaban J connectivity index is 0.00000161. The number of halogens is 1. The number of carbonyl (C=O) groups excluding carboxylic acids is 1. The van der Waals surface area contributed by atoms with Crippen molar-refractivity contribution in [3.63, 3.8) is 0 Å². The Labute approximate surface area is 125 Å². The number of aromatic nitrogens is 2. The van der Waals surface area contributed by atoms with Crippen molar-refractivity contribution >= 4 is 34.9 Å². The van der Waals surface area contributed by atoms with Crippen LogP contribution in [0.2, 0.25) is 0 Å². The molecule has 0 radical (unpaired) electrons. The van der Waals surface area contributed by atoms with Gasteiger partial charge in [0.25, 0.3) is 11.6 Å². The largest absolute Gasteiger partial charge is 0.347 e. The molecule has 1 aromatic heterocycles. The number of nitrogens with one attached hydrogen (secondary N) is 3. The highest BCUT2D eigenvalue weighted by atomic mass is 35.5. The van der Waals surface area contributed by atoms with Crippen LogP contribution in [0.3, 0.4) is 0 Å². The number of rotatable bonds is 3. The average molecular weight is 312 g/mol. The summed E-state index contributed by atoms with van der Waals surface area (Å²) in [6, 6.07) is 4.37. The maximum absolute atomic E-state index is 12.2. The number of carbonyl (C=O) groups is 1. The van der Waals surface area contributed by atoms with Crippen LogP contribution < -0.4 is 10.6 Å². The molecule has 1 saturated heterocycles. The molecule has 3 N–H and O–H groups in total. The molecule has 0 bridgehead atoms. The van der Waals surface area contributed by atoms with Crippen molar-refractivity contribution in [1.82, 2.24) is 20.8 Å². The molecule has 1 aromatic carbocycles. The van der Waals surface area contributed by atoms with Crippen molar-refractivity contribution < 1.29 is 9.72 Å². The third-order valence-corrected chi connectivity index (χ3v) is 3.37. The molecule has 0 spiro atoms. The molecule has 1 atom stereocenters. The number of benzene rings is 1. The Kier molecular flexibility index (Phi) is 4.39. The third-order valence-electron chi connectivity index (χ3n) is 3.37. The van der Waals surface area contributed by atoms with E-state index >= 15 is 0 Å². The smallest absolute Gasteiger partial charge is 0.272 e. The van der Waals surface area contributed by atoms with Gasteiger partial charge < -0.3 is 10.6 Å². The number of hydrogen-bond donors (Lipinski definition) is 3. The minimum atomic E-state index is -0.491. The minimum absolute atomic E-state index is 0. The maximum atomic E-state index is 12.2. The Hall–Kier alpha value is -2.19. The fourth-order valence-corrected chi connectivity index (χ4v) is 2.32. The summed E-state index contributed by atoms with van der Waals surface area (Å²) >= 11 is 0. The van der Waals surface area contributed by atoms with Crippen LogP contribution in [-0.4, -0.2) is 40.2 Å². The van der Waals surface area contributed by atoms with Crippen molar-refractivity contribution in [3.05, 3.63) is 34.0 Å². The summed E-state index contributed by atoms with van der Waals surface area (Å²) in [5.41, 5.74) is 0.733. The summed E-state index contributed by atoms with van der Waals surface area (Å²) in [6.45, 7) is 1.60. The number of hydrogen-bond acceptors (Lipinski definition) is 5. The molecule has 3 rings (SSSR count). The molecule has 21 heavy (non-hydrogen) atoms. The van der Waals surface area contributed by atoms with E-state index in [1.165, 1.54) is 12.1 Å². The Bertz CT molecular complexity index is 681. The van der Waals surface area contributed by atoms with Gasteiger partial charge in [-0.1, -0.05) is 0 Å². The van der Waals surface area contributed by atoms with Crippen LogP contribution in [0.5, 0.6) is 0 Å². The maximum Gasteiger partial charge on any atom is 0.272 e. The summed E-state index contributed by atoms with van der Waals surface area (Å²) in [5.74, 6) is -0.314. The van der Waals surface area contributed by atoms with Crippen LogP contribution in [0.15, 0.2) is 18.2 Å². The molecule has 2 heterocycles. The normalized spacial score (nSPS) is 17.4. The number of aromatic amines is 1. The van der Waals surface area contributed by atoms with E-state index in [1.54, 1.807) is 6.07 Å². The van der Waals surface area contributed by atoms with Gasteiger partial charge >= 0.3 is 0 Å². The summed E-state index contributed by atoms with van der Waals surface area (Å²) in [7, 11) is 0. The average Bonchev–Trinajstić information content (AvgIpc) is 3.06. The molecule has 112 valence electrons. The van der Waals surface area contributed by atoms with Gasteiger partial charge in [0.1, 0.15) is 0 Å². The number of amides is 1. The molecule has 1 unspecified atom stereocenters. The predicted octanol–water partition coefficient (Wildman–Crippen LogP) is 0.985. The standard InChI is InChI=1S/C12H13N5O3.ClH/c18-12(14-7-3-4-13-6-7)11-9-5-8(17(19)20)1-2-10(9)15-16-11;/h1-2,5,7,13H,3-4,6H2,(H,14,18)(H,15,16);1H. The molecular formula is C12H14ClN5O3. The van der Waals surface area contributed by atoms with E-state index in [1.807, 2.05) is 0 Å². The summed E-state index contributed by atoms with van der Waals surface area (Å²) in [4.78, 5) is 22.5. The van der Waals surface area contributed by atoms with Gasteiger partial charge in [-0.3, -0.25) is 20.0 Å². The second-order valence-electron chi connectivity index (χ2n) is 4.72. The SMILES string of the molecule is Cl.O=C(NC1CCNC1)c1n[nH]c2ccc([N+](=O)[O-])cc12. The van der Waals surface area contributed by atoms with Crippen LogP contribution in [0.25, 0.3) is 10.9 Å². The van der Waals surface area contributed by atoms with Crippen LogP contribution >= 0.6 is 12.4 Å². The van der Waals surface area contributed by atoms with E-state index in [4.69, 9.17) is 0 Å². The first kappa shape index (κ1) is 15.2. The molecular weight excluding hydrogens is 298 g/mol. The van der Waals surface area contributed by atoms with Gasteiger partial charge in [0.2, 0.25) is 0 Å². The molecule has 8 nitrogen and oxygen atoms in total. The first-order chi connectivity index (χ1) is 9.65. The fourth-order valence-electron chi connectivity index (χ4n) is 2.32. The van der Waals surface area contributed by atoms with Gasteiger partial charge in [0, 0.05) is 30.1 Å². The second-order valence-corrected chi connectivity index (χ2v) is 4.72. The Morgan fingerprint density at radius 1 is 1.48 bits per heavy atom. The molecule has 1 fully saturated rings. The lowest BCUT2D eigenvalue weighted by atomic mass is 10.1. The lowest BCUT2D eigenvalue weighted by molar-refractivity contribution is -0.384. The monoisotopic (exact) mass is 311 g/mol. The molecule has 0 saturated carbocycles. The first-order valence-electron chi connectivity index (χ1n) is 6.29. The number of nitro benzene ring substituents is 1. The number of non-ortho nitro benzene ring substituents is 1. The molecule has 1 amide bonds. The van der Waals surface area contributed by atoms with E-state index in [-0.39, 0.29) is 35.7 Å². The number of fused-ring (bicyclic) bond motifs is 1. The van der Waals surface area contributed by atoms with Crippen LogP contribution in [0, 0.1) is 10.1 Å². The van der Waals surface area contributed by atoms with E-state index in [2.05, 4.69) is 20.8 Å². The van der Waals surface area contributed by atoms with Crippen molar-refractivity contribution in [3.8, 4) is 0 Å². The van der Waals surface area contributed by atoms with Gasteiger partial charge in [-0.05, 0) is 19.0 Å². The lowest BCUT2D eigenvalue weighted by Crippen LogP contribution is -2.36. The summed E-state index contributed by atoms with van der Waals surface area (Å²) < 4.78 is 0. The zero-order chi connectivity index (χ0) is 14.1. The third kappa shape index (κ3) is 2.96. The minimum Gasteiger partial charge on any atom is -0.347 e. The lowest BCUT2D eigenvalue weighted by Gasteiger charge is -2.09. The zero-order valence-corrected chi connectivity index (χ0v) is 11.8. The topological polar surface area (TPSA) is 113 Å². The highest BCUT2D eigenvalue weighted by molar-refractivity contribution is 6.05. The zero-order valence-electron chi connectivity index (χ0n) is 11.0. The van der Waals surface area contributed by atoms with E-state index in [0.29, 0.717) is 10.9 Å². The predicted molar refractivity (Wildman–Crippen MR) is 78.7 cm³/mol. The first-order valence-corrected chi connectivity index (χ1v) is 6.29. The number of H-pyrrole nitrogens is 1. The highest BCUT2D eigenvalue weighted by Gasteiger charge is 2.21. The van der Waals surface area contributed by atoms with Gasteiger partial charge in [0.15, 0.2) is 5.69 Å². The van der Waals surface area contributed by atoms with E-state index in [0.717, 1.165) is 19.5 Å². The fraction of sp³-hybridized carbons (Fsp3) is 0.333. The number of nitrogens with zero attached hydrogens (tertiary/aromatic N) is 2. The van der Waals surface area contributed by atoms with Crippen LogP contribution in [-0.2, 0) is 0 Å². The Morgan fingerprint density at radius 3 is 2.95 bits per heavy atom. The van der Waals surface area contributed by atoms with E-state index in [9.17, 15) is 14.9 Å². The van der Waals surface area contributed by atoms with Gasteiger partial charge in [-0.2, -0.15) is 5.10 Å². The van der Waals surface area contributed by atoms with E-state index < -0.39 is 4.92 Å². The van der Waals surface area contributed by atoms with Crippen LogP contribution in [0.1, 0.15) is 16.9 Å². The van der Waals surface area contributed by atoms with Crippen molar-refractivity contribution in [2.24, 2.45) is 0 Å². The quantitative estimate of drug-likeness (QED) is 0.578. The van der Waals surface area contributed by atoms with Gasteiger partial charge in [-0.15, -0.1) is 12.4 Å². The molecule has 9 heteroatoms. The molecule has 2 aromatic rings. The second kappa shape index (κ2) is 6.06. The molecule has 1 aliphatic heterocycles. The van der Waals surface area contributed by atoms with Crippen molar-refractivity contribution in [1.29, 1.82) is 0 Å². The number of nitro groups is 1.